The Morgan fingerprint density at radius 1 is 1.47 bits per heavy atom. The molecule has 2 rings (SSSR count). The first-order valence-corrected chi connectivity index (χ1v) is 5.95. The molecule has 0 aromatic heterocycles. The van der Waals surface area contributed by atoms with Crippen molar-refractivity contribution >= 4 is 0 Å². The van der Waals surface area contributed by atoms with Crippen LogP contribution in [0, 0.1) is 5.92 Å². The van der Waals surface area contributed by atoms with Gasteiger partial charge in [0.15, 0.2) is 0 Å². The Hall–Kier alpha value is -0.380. The van der Waals surface area contributed by atoms with E-state index in [1.54, 1.807) is 0 Å². The normalized spacial score (nSPS) is 30.9. The summed E-state index contributed by atoms with van der Waals surface area (Å²) in [6, 6.07) is 0.583. The van der Waals surface area contributed by atoms with Crippen LogP contribution in [0.5, 0.6) is 0 Å². The number of hydrogen-bond acceptors (Lipinski definition) is 3. The lowest BCUT2D eigenvalue weighted by molar-refractivity contribution is 0.149. The second-order valence-electron chi connectivity index (χ2n) is 4.97. The van der Waals surface area contributed by atoms with E-state index < -0.39 is 0 Å². The Labute approximate surface area is 92.1 Å². The minimum absolute atomic E-state index is 0.0488. The van der Waals surface area contributed by atoms with Gasteiger partial charge in [-0.25, -0.2) is 0 Å². The van der Waals surface area contributed by atoms with Gasteiger partial charge in [-0.1, -0.05) is 12.2 Å². The highest BCUT2D eigenvalue weighted by Crippen LogP contribution is 2.27. The van der Waals surface area contributed by atoms with Gasteiger partial charge in [0.05, 0.1) is 6.61 Å². The van der Waals surface area contributed by atoms with Gasteiger partial charge in [0.1, 0.15) is 0 Å². The molecule has 2 aliphatic rings. The Kier molecular flexibility index (Phi) is 3.44. The van der Waals surface area contributed by atoms with Crippen molar-refractivity contribution in [3.8, 4) is 0 Å². The topological polar surface area (TPSA) is 47.3 Å². The van der Waals surface area contributed by atoms with Crippen molar-refractivity contribution < 1.29 is 4.74 Å². The van der Waals surface area contributed by atoms with Crippen LogP contribution in [0.1, 0.15) is 26.2 Å². The van der Waals surface area contributed by atoms with E-state index in [1.165, 1.54) is 0 Å². The highest BCUT2D eigenvalue weighted by atomic mass is 16.5. The van der Waals surface area contributed by atoms with Crippen LogP contribution in [0.25, 0.3) is 0 Å². The maximum atomic E-state index is 5.93. The minimum atomic E-state index is 0.0488. The fourth-order valence-corrected chi connectivity index (χ4v) is 2.58. The summed E-state index contributed by atoms with van der Waals surface area (Å²) in [4.78, 5) is 0. The lowest BCUT2D eigenvalue weighted by atomic mass is 9.84. The SMILES string of the molecule is CC(CN)(NC1CC=CC1)C1CCOC1. The van der Waals surface area contributed by atoms with Crippen molar-refractivity contribution in [2.75, 3.05) is 19.8 Å². The Morgan fingerprint density at radius 3 is 2.73 bits per heavy atom. The third-order valence-corrected chi connectivity index (χ3v) is 3.80. The van der Waals surface area contributed by atoms with Crippen molar-refractivity contribution in [3.05, 3.63) is 12.2 Å². The van der Waals surface area contributed by atoms with Gasteiger partial charge in [-0.05, 0) is 26.2 Å². The number of hydrogen-bond donors (Lipinski definition) is 2. The highest BCUT2D eigenvalue weighted by Gasteiger charge is 2.36. The molecule has 0 aromatic rings. The molecule has 1 aliphatic carbocycles. The molecule has 1 aliphatic heterocycles. The second-order valence-corrected chi connectivity index (χ2v) is 4.97. The first-order valence-electron chi connectivity index (χ1n) is 5.95. The largest absolute Gasteiger partial charge is 0.381 e. The smallest absolute Gasteiger partial charge is 0.0513 e. The van der Waals surface area contributed by atoms with Gasteiger partial charge < -0.3 is 15.8 Å². The summed E-state index contributed by atoms with van der Waals surface area (Å²) in [6.45, 7) is 4.69. The van der Waals surface area contributed by atoms with Gasteiger partial charge in [0.2, 0.25) is 0 Å². The van der Waals surface area contributed by atoms with Crippen LogP contribution < -0.4 is 11.1 Å². The first kappa shape index (κ1) is 11.1. The maximum Gasteiger partial charge on any atom is 0.0513 e. The number of nitrogens with one attached hydrogen (secondary N) is 1. The van der Waals surface area contributed by atoms with E-state index in [9.17, 15) is 0 Å². The van der Waals surface area contributed by atoms with E-state index in [-0.39, 0.29) is 5.54 Å². The molecular weight excluding hydrogens is 188 g/mol. The minimum Gasteiger partial charge on any atom is -0.381 e. The standard InChI is InChI=1S/C12H22N2O/c1-12(9-13,10-6-7-15-8-10)14-11-4-2-3-5-11/h2-3,10-11,14H,4-9,13H2,1H3. The Balaban J connectivity index is 1.93. The van der Waals surface area contributed by atoms with Gasteiger partial charge in [0.25, 0.3) is 0 Å². The molecule has 2 unspecified atom stereocenters. The van der Waals surface area contributed by atoms with Gasteiger partial charge >= 0.3 is 0 Å². The average molecular weight is 210 g/mol. The van der Waals surface area contributed by atoms with E-state index >= 15 is 0 Å². The number of ether oxygens (including phenoxy) is 1. The third-order valence-electron chi connectivity index (χ3n) is 3.80. The van der Waals surface area contributed by atoms with E-state index in [0.717, 1.165) is 32.5 Å². The van der Waals surface area contributed by atoms with Gasteiger partial charge in [-0.2, -0.15) is 0 Å². The van der Waals surface area contributed by atoms with Gasteiger partial charge in [-0.15, -0.1) is 0 Å². The third kappa shape index (κ3) is 2.41. The maximum absolute atomic E-state index is 5.93. The van der Waals surface area contributed by atoms with Crippen molar-refractivity contribution in [2.24, 2.45) is 11.7 Å². The molecule has 0 amide bonds. The first-order chi connectivity index (χ1) is 7.24. The Morgan fingerprint density at radius 2 is 2.20 bits per heavy atom. The number of rotatable bonds is 4. The fourth-order valence-electron chi connectivity index (χ4n) is 2.58. The lowest BCUT2D eigenvalue weighted by Gasteiger charge is -2.37. The quantitative estimate of drug-likeness (QED) is 0.682. The molecule has 1 fully saturated rings. The lowest BCUT2D eigenvalue weighted by Crippen LogP contribution is -2.57. The molecule has 0 radical (unpaired) electrons. The molecular formula is C12H22N2O. The summed E-state index contributed by atoms with van der Waals surface area (Å²) >= 11 is 0. The molecule has 2 atom stereocenters. The van der Waals surface area contributed by atoms with E-state index in [2.05, 4.69) is 24.4 Å². The summed E-state index contributed by atoms with van der Waals surface area (Å²) in [5, 5.41) is 3.72. The molecule has 1 saturated heterocycles. The zero-order valence-corrected chi connectivity index (χ0v) is 9.54. The molecule has 3 N–H and O–H groups in total. The predicted octanol–water partition coefficient (Wildman–Crippen LogP) is 1.05. The number of nitrogens with two attached hydrogens (primary N) is 1. The van der Waals surface area contributed by atoms with E-state index in [1.807, 2.05) is 0 Å². The molecule has 0 saturated carbocycles. The molecule has 86 valence electrons. The van der Waals surface area contributed by atoms with Crippen molar-refractivity contribution in [1.29, 1.82) is 0 Å². The van der Waals surface area contributed by atoms with Crippen molar-refractivity contribution in [2.45, 2.75) is 37.8 Å². The van der Waals surface area contributed by atoms with Gasteiger partial charge in [0, 0.05) is 30.7 Å². The summed E-state index contributed by atoms with van der Waals surface area (Å²) in [5.41, 5.74) is 5.98. The predicted molar refractivity (Wildman–Crippen MR) is 61.7 cm³/mol. The second kappa shape index (κ2) is 4.64. The van der Waals surface area contributed by atoms with Crippen LogP contribution in [-0.4, -0.2) is 31.3 Å². The van der Waals surface area contributed by atoms with Crippen molar-refractivity contribution in [1.82, 2.24) is 5.32 Å². The fraction of sp³-hybridized carbons (Fsp3) is 0.833. The zero-order valence-electron chi connectivity index (χ0n) is 9.54. The Bertz CT molecular complexity index is 228. The highest BCUT2D eigenvalue weighted by molar-refractivity contribution is 5.03. The van der Waals surface area contributed by atoms with Crippen LogP contribution in [0.4, 0.5) is 0 Å². The molecule has 0 spiro atoms. The summed E-state index contributed by atoms with van der Waals surface area (Å²) in [6.07, 6.45) is 7.92. The van der Waals surface area contributed by atoms with E-state index in [0.29, 0.717) is 18.5 Å². The monoisotopic (exact) mass is 210 g/mol. The molecule has 3 nitrogen and oxygen atoms in total. The summed E-state index contributed by atoms with van der Waals surface area (Å²) < 4.78 is 5.46. The van der Waals surface area contributed by atoms with Gasteiger partial charge in [-0.3, -0.25) is 0 Å². The summed E-state index contributed by atoms with van der Waals surface area (Å²) in [7, 11) is 0. The van der Waals surface area contributed by atoms with Crippen LogP contribution >= 0.6 is 0 Å². The zero-order chi connectivity index (χ0) is 10.7. The van der Waals surface area contributed by atoms with E-state index in [4.69, 9.17) is 10.5 Å². The molecule has 3 heteroatoms. The molecule has 15 heavy (non-hydrogen) atoms. The average Bonchev–Trinajstić information content (AvgIpc) is 2.89. The molecule has 0 aromatic carbocycles. The summed E-state index contributed by atoms with van der Waals surface area (Å²) in [5.74, 6) is 0.572. The molecule has 1 heterocycles. The van der Waals surface area contributed by atoms with Crippen LogP contribution in [0.2, 0.25) is 0 Å². The van der Waals surface area contributed by atoms with Crippen LogP contribution in [0.3, 0.4) is 0 Å². The van der Waals surface area contributed by atoms with Crippen LogP contribution in [0.15, 0.2) is 12.2 Å². The molecule has 0 bridgehead atoms. The van der Waals surface area contributed by atoms with Crippen LogP contribution in [-0.2, 0) is 4.74 Å². The van der Waals surface area contributed by atoms with Crippen molar-refractivity contribution in [3.63, 3.8) is 0 Å².